The number of rotatable bonds is 31. The third kappa shape index (κ3) is 27.3. The molecule has 0 saturated carbocycles. The molecule has 0 aliphatic rings. The minimum Gasteiger partial charge on any atom is -0.394 e. The zero-order valence-electron chi connectivity index (χ0n) is 26.3. The Morgan fingerprint density at radius 1 is 0.538 bits per heavy atom. The molecule has 0 heterocycles. The maximum atomic E-state index is 12.3. The minimum absolute atomic E-state index is 0.0414. The maximum absolute atomic E-state index is 12.3. The summed E-state index contributed by atoms with van der Waals surface area (Å²) < 4.78 is 0. The average molecular weight is 556 g/mol. The van der Waals surface area contributed by atoms with Crippen LogP contribution in [0.25, 0.3) is 0 Å². The highest BCUT2D eigenvalue weighted by Crippen LogP contribution is 2.15. The first kappa shape index (κ1) is 38.4. The van der Waals surface area contributed by atoms with Crippen LogP contribution in [0.2, 0.25) is 0 Å². The third-order valence-corrected chi connectivity index (χ3v) is 8.17. The van der Waals surface area contributed by atoms with Crippen molar-refractivity contribution >= 4 is 5.91 Å². The summed E-state index contributed by atoms with van der Waals surface area (Å²) >= 11 is 0. The fourth-order valence-corrected chi connectivity index (χ4v) is 5.46. The van der Waals surface area contributed by atoms with E-state index in [1.165, 1.54) is 128 Å². The molecule has 0 aromatic carbocycles. The molecule has 0 saturated heterocycles. The van der Waals surface area contributed by atoms with Crippen molar-refractivity contribution in [2.45, 2.75) is 205 Å². The molecule has 0 unspecified atom stereocenters. The Morgan fingerprint density at radius 2 is 0.872 bits per heavy atom. The van der Waals surface area contributed by atoms with Crippen LogP contribution >= 0.6 is 0 Å². The Labute approximate surface area is 243 Å². The predicted octanol–water partition coefficient (Wildman–Crippen LogP) is 8.76. The van der Waals surface area contributed by atoms with Crippen LogP contribution in [0.5, 0.6) is 0 Å². The Morgan fingerprint density at radius 3 is 1.23 bits per heavy atom. The molecule has 5 heteroatoms. The highest BCUT2D eigenvalue weighted by molar-refractivity contribution is 5.76. The number of hydrogen-bond donors (Lipinski definition) is 4. The van der Waals surface area contributed by atoms with E-state index in [1.54, 1.807) is 0 Å². The molecular weight excluding hydrogens is 486 g/mol. The number of carbonyl (C=O) groups excluding carboxylic acids is 1. The van der Waals surface area contributed by atoms with Gasteiger partial charge in [0.05, 0.1) is 31.3 Å². The van der Waals surface area contributed by atoms with Crippen molar-refractivity contribution in [2.24, 2.45) is 0 Å². The molecule has 5 nitrogen and oxygen atoms in total. The lowest BCUT2D eigenvalue weighted by atomic mass is 10.0. The quantitative estimate of drug-likeness (QED) is 0.0644. The van der Waals surface area contributed by atoms with Gasteiger partial charge < -0.3 is 20.6 Å². The van der Waals surface area contributed by atoms with Gasteiger partial charge in [0, 0.05) is 0 Å². The minimum atomic E-state index is -0.740. The van der Waals surface area contributed by atoms with E-state index in [0.717, 1.165) is 25.7 Å². The van der Waals surface area contributed by atoms with Crippen LogP contribution in [0, 0.1) is 0 Å². The monoisotopic (exact) mass is 556 g/mol. The van der Waals surface area contributed by atoms with Crippen molar-refractivity contribution in [3.8, 4) is 0 Å². The molecular formula is C34H69NO4. The van der Waals surface area contributed by atoms with Gasteiger partial charge in [-0.1, -0.05) is 168 Å². The van der Waals surface area contributed by atoms with Crippen molar-refractivity contribution < 1.29 is 20.1 Å². The van der Waals surface area contributed by atoms with Gasteiger partial charge in [0.2, 0.25) is 5.91 Å². The average Bonchev–Trinajstić information content (AvgIpc) is 2.92. The second-order valence-corrected chi connectivity index (χ2v) is 12.1. The Balaban J connectivity index is 3.68. The van der Waals surface area contributed by atoms with Gasteiger partial charge in [-0.2, -0.15) is 0 Å². The van der Waals surface area contributed by atoms with Gasteiger partial charge in [-0.3, -0.25) is 4.79 Å². The predicted molar refractivity (Wildman–Crippen MR) is 167 cm³/mol. The zero-order chi connectivity index (χ0) is 28.8. The molecule has 1 amide bonds. The van der Waals surface area contributed by atoms with Gasteiger partial charge >= 0.3 is 0 Å². The van der Waals surface area contributed by atoms with Crippen molar-refractivity contribution in [1.29, 1.82) is 0 Å². The zero-order valence-corrected chi connectivity index (χ0v) is 26.3. The number of aliphatic hydroxyl groups excluding tert-OH is 3. The Bertz CT molecular complexity index is 502. The summed E-state index contributed by atoms with van der Waals surface area (Å²) in [7, 11) is 0. The van der Waals surface area contributed by atoms with Crippen molar-refractivity contribution in [3.05, 3.63) is 0 Å². The number of amides is 1. The Hall–Kier alpha value is -0.650. The molecule has 0 spiro atoms. The summed E-state index contributed by atoms with van der Waals surface area (Å²) in [5.74, 6) is -0.283. The highest BCUT2D eigenvalue weighted by Gasteiger charge is 2.21. The lowest BCUT2D eigenvalue weighted by molar-refractivity contribution is -0.125. The number of carbonyl (C=O) groups is 1. The van der Waals surface area contributed by atoms with E-state index < -0.39 is 18.2 Å². The summed E-state index contributed by atoms with van der Waals surface area (Å²) in [6.45, 7) is 4.24. The number of nitrogens with one attached hydrogen (secondary N) is 1. The number of hydrogen-bond acceptors (Lipinski definition) is 4. The van der Waals surface area contributed by atoms with Crippen molar-refractivity contribution in [2.75, 3.05) is 6.61 Å². The van der Waals surface area contributed by atoms with Crippen molar-refractivity contribution in [1.82, 2.24) is 5.32 Å². The van der Waals surface area contributed by atoms with Gasteiger partial charge in [0.1, 0.15) is 0 Å². The van der Waals surface area contributed by atoms with Crippen LogP contribution in [-0.4, -0.2) is 46.1 Å². The summed E-state index contributed by atoms with van der Waals surface area (Å²) in [4.78, 5) is 12.3. The first-order valence-electron chi connectivity index (χ1n) is 17.3. The smallest absolute Gasteiger partial charge is 0.222 e. The van der Waals surface area contributed by atoms with Crippen LogP contribution in [0.15, 0.2) is 0 Å². The molecule has 0 aliphatic carbocycles. The molecule has 0 fully saturated rings. The van der Waals surface area contributed by atoms with Gasteiger partial charge in [0.25, 0.3) is 0 Å². The summed E-state index contributed by atoms with van der Waals surface area (Å²) in [5, 5.41) is 33.1. The fraction of sp³-hybridized carbons (Fsp3) is 0.971. The lowest BCUT2D eigenvalue weighted by Gasteiger charge is -2.23. The molecule has 0 radical (unpaired) electrons. The second kappa shape index (κ2) is 30.3. The molecule has 234 valence electrons. The van der Waals surface area contributed by atoms with E-state index in [2.05, 4.69) is 19.2 Å². The normalized spacial score (nSPS) is 13.9. The molecule has 4 N–H and O–H groups in total. The van der Waals surface area contributed by atoms with E-state index in [-0.39, 0.29) is 18.9 Å². The summed E-state index contributed by atoms with van der Waals surface area (Å²) in [5.41, 5.74) is 0. The number of aliphatic hydroxyl groups is 3. The van der Waals surface area contributed by atoms with E-state index >= 15 is 0 Å². The lowest BCUT2D eigenvalue weighted by Crippen LogP contribution is -2.46. The van der Waals surface area contributed by atoms with Gasteiger partial charge in [-0.15, -0.1) is 0 Å². The van der Waals surface area contributed by atoms with Crippen LogP contribution in [0.3, 0.4) is 0 Å². The first-order valence-corrected chi connectivity index (χ1v) is 17.3. The van der Waals surface area contributed by atoms with E-state index in [4.69, 9.17) is 0 Å². The summed E-state index contributed by atoms with van der Waals surface area (Å²) in [6, 6.07) is -0.649. The number of unbranched alkanes of at least 4 members (excludes halogenated alkanes) is 22. The fourth-order valence-electron chi connectivity index (χ4n) is 5.46. The van der Waals surface area contributed by atoms with Crippen LogP contribution in [-0.2, 0) is 4.79 Å². The van der Waals surface area contributed by atoms with Crippen molar-refractivity contribution in [3.63, 3.8) is 0 Å². The second-order valence-electron chi connectivity index (χ2n) is 12.1. The SMILES string of the molecule is CCCCCCCCCCCCCCC[C@@H](O)[C@H](CO)NC(=O)C[C@H](O)CCCCCCCCCCCCC. The van der Waals surface area contributed by atoms with Crippen LogP contribution < -0.4 is 5.32 Å². The Kier molecular flexibility index (Phi) is 29.8. The molecule has 0 bridgehead atoms. The third-order valence-electron chi connectivity index (χ3n) is 8.17. The standard InChI is InChI=1S/C34H69NO4/c1-3-5-7-9-11-13-15-16-18-20-22-24-26-28-33(38)32(30-36)35-34(39)29-31(37)27-25-23-21-19-17-14-12-10-8-6-4-2/h31-33,36-38H,3-30H2,1-2H3,(H,35,39)/t31-,32+,33-/m1/s1. The van der Waals surface area contributed by atoms with E-state index in [1.807, 2.05) is 0 Å². The van der Waals surface area contributed by atoms with Crippen LogP contribution in [0.4, 0.5) is 0 Å². The van der Waals surface area contributed by atoms with Crippen LogP contribution in [0.1, 0.15) is 187 Å². The molecule has 0 aromatic heterocycles. The molecule has 0 rings (SSSR count). The molecule has 39 heavy (non-hydrogen) atoms. The van der Waals surface area contributed by atoms with Gasteiger partial charge in [0.15, 0.2) is 0 Å². The van der Waals surface area contributed by atoms with Gasteiger partial charge in [-0.25, -0.2) is 0 Å². The van der Waals surface area contributed by atoms with E-state index in [9.17, 15) is 20.1 Å². The molecule has 3 atom stereocenters. The van der Waals surface area contributed by atoms with E-state index in [0.29, 0.717) is 12.8 Å². The van der Waals surface area contributed by atoms with Gasteiger partial charge in [-0.05, 0) is 12.8 Å². The first-order chi connectivity index (χ1) is 19.0. The molecule has 0 aromatic rings. The molecule has 0 aliphatic heterocycles. The summed E-state index contributed by atoms with van der Waals surface area (Å²) in [6.07, 6.45) is 30.5. The largest absolute Gasteiger partial charge is 0.394 e. The highest BCUT2D eigenvalue weighted by atomic mass is 16.3. The topological polar surface area (TPSA) is 89.8 Å². The maximum Gasteiger partial charge on any atom is 0.222 e.